The molecule has 2 N–H and O–H groups in total. The molecule has 110 valence electrons. The molecule has 1 unspecified atom stereocenters. The second-order valence-corrected chi connectivity index (χ2v) is 4.47. The summed E-state index contributed by atoms with van der Waals surface area (Å²) < 4.78 is 5.05. The Bertz CT molecular complexity index is 608. The second kappa shape index (κ2) is 6.65. The van der Waals surface area contributed by atoms with Gasteiger partial charge in [-0.2, -0.15) is 0 Å². The standard InChI is InChI=1S/C14H15N3O4/c1-2-3-11(14(19)20)16-12(18)9-4-6-10(7-5-9)13-17-15-8-21-13/h4-8,11H,2-3H2,1H3,(H,16,18)(H,19,20). The Morgan fingerprint density at radius 1 is 1.33 bits per heavy atom. The van der Waals surface area contributed by atoms with Gasteiger partial charge in [0.05, 0.1) is 0 Å². The average molecular weight is 289 g/mol. The highest BCUT2D eigenvalue weighted by molar-refractivity contribution is 5.96. The summed E-state index contributed by atoms with van der Waals surface area (Å²) in [6.45, 7) is 1.86. The summed E-state index contributed by atoms with van der Waals surface area (Å²) >= 11 is 0. The molecule has 2 aromatic rings. The number of carboxylic acid groups (broad SMARTS) is 1. The number of carbonyl (C=O) groups excluding carboxylic acids is 1. The molecular weight excluding hydrogens is 274 g/mol. The van der Waals surface area contributed by atoms with E-state index >= 15 is 0 Å². The van der Waals surface area contributed by atoms with E-state index in [0.717, 1.165) is 0 Å². The number of rotatable bonds is 6. The van der Waals surface area contributed by atoms with E-state index in [1.54, 1.807) is 24.3 Å². The fourth-order valence-electron chi connectivity index (χ4n) is 1.85. The molecule has 0 aliphatic rings. The van der Waals surface area contributed by atoms with Crippen LogP contribution in [0.4, 0.5) is 0 Å². The minimum absolute atomic E-state index is 0.358. The van der Waals surface area contributed by atoms with E-state index in [-0.39, 0.29) is 0 Å². The van der Waals surface area contributed by atoms with Gasteiger partial charge >= 0.3 is 5.97 Å². The third-order valence-corrected chi connectivity index (χ3v) is 2.93. The maximum Gasteiger partial charge on any atom is 0.326 e. The number of benzene rings is 1. The molecule has 0 bridgehead atoms. The molecule has 1 heterocycles. The Morgan fingerprint density at radius 3 is 2.57 bits per heavy atom. The monoisotopic (exact) mass is 289 g/mol. The van der Waals surface area contributed by atoms with Crippen LogP contribution in [0.15, 0.2) is 35.1 Å². The molecule has 2 rings (SSSR count). The largest absolute Gasteiger partial charge is 0.480 e. The molecule has 0 aliphatic carbocycles. The number of aromatic nitrogens is 2. The molecule has 7 nitrogen and oxygen atoms in total. The normalized spacial score (nSPS) is 11.9. The van der Waals surface area contributed by atoms with E-state index in [2.05, 4.69) is 15.5 Å². The van der Waals surface area contributed by atoms with E-state index in [1.165, 1.54) is 6.39 Å². The third-order valence-electron chi connectivity index (χ3n) is 2.93. The van der Waals surface area contributed by atoms with Crippen molar-refractivity contribution in [3.05, 3.63) is 36.2 Å². The zero-order chi connectivity index (χ0) is 15.2. The first kappa shape index (κ1) is 14.7. The van der Waals surface area contributed by atoms with Crippen molar-refractivity contribution in [1.82, 2.24) is 15.5 Å². The Labute approximate surface area is 121 Å². The number of amides is 1. The minimum atomic E-state index is -1.03. The highest BCUT2D eigenvalue weighted by Crippen LogP contribution is 2.16. The lowest BCUT2D eigenvalue weighted by atomic mass is 10.1. The molecular formula is C14H15N3O4. The first-order valence-corrected chi connectivity index (χ1v) is 6.52. The summed E-state index contributed by atoms with van der Waals surface area (Å²) in [5.74, 6) is -1.10. The number of carbonyl (C=O) groups is 2. The highest BCUT2D eigenvalue weighted by Gasteiger charge is 2.19. The van der Waals surface area contributed by atoms with Crippen LogP contribution in [0.2, 0.25) is 0 Å². The van der Waals surface area contributed by atoms with Crippen LogP contribution in [0.3, 0.4) is 0 Å². The number of hydrogen-bond acceptors (Lipinski definition) is 5. The van der Waals surface area contributed by atoms with E-state index in [9.17, 15) is 9.59 Å². The Kier molecular flexibility index (Phi) is 4.65. The molecule has 0 fully saturated rings. The van der Waals surface area contributed by atoms with Gasteiger partial charge in [0.1, 0.15) is 6.04 Å². The van der Waals surface area contributed by atoms with Crippen molar-refractivity contribution < 1.29 is 19.1 Å². The van der Waals surface area contributed by atoms with Crippen molar-refractivity contribution in [2.45, 2.75) is 25.8 Å². The predicted octanol–water partition coefficient (Wildman–Crippen LogP) is 1.72. The molecule has 1 aromatic carbocycles. The van der Waals surface area contributed by atoms with Crippen LogP contribution >= 0.6 is 0 Å². The van der Waals surface area contributed by atoms with Gasteiger partial charge in [0, 0.05) is 11.1 Å². The molecule has 0 spiro atoms. The van der Waals surface area contributed by atoms with Crippen LogP contribution in [0, 0.1) is 0 Å². The van der Waals surface area contributed by atoms with E-state index in [1.807, 2.05) is 6.92 Å². The van der Waals surface area contributed by atoms with Crippen molar-refractivity contribution in [3.8, 4) is 11.5 Å². The summed E-state index contributed by atoms with van der Waals surface area (Å²) in [7, 11) is 0. The van der Waals surface area contributed by atoms with Gasteiger partial charge in [-0.1, -0.05) is 13.3 Å². The van der Waals surface area contributed by atoms with E-state index in [0.29, 0.717) is 29.9 Å². The van der Waals surface area contributed by atoms with Gasteiger partial charge in [0.2, 0.25) is 12.3 Å². The molecule has 1 amide bonds. The second-order valence-electron chi connectivity index (χ2n) is 4.47. The fraction of sp³-hybridized carbons (Fsp3) is 0.286. The lowest BCUT2D eigenvalue weighted by molar-refractivity contribution is -0.139. The smallest absolute Gasteiger partial charge is 0.326 e. The van der Waals surface area contributed by atoms with Crippen LogP contribution in [0.5, 0.6) is 0 Å². The number of nitrogens with one attached hydrogen (secondary N) is 1. The number of carboxylic acids is 1. The summed E-state index contributed by atoms with van der Waals surface area (Å²) in [5.41, 5.74) is 1.06. The summed E-state index contributed by atoms with van der Waals surface area (Å²) in [4.78, 5) is 23.0. The molecule has 0 saturated heterocycles. The molecule has 1 atom stereocenters. The van der Waals surface area contributed by atoms with Crippen LogP contribution < -0.4 is 5.32 Å². The van der Waals surface area contributed by atoms with Crippen molar-refractivity contribution in [2.24, 2.45) is 0 Å². The van der Waals surface area contributed by atoms with Gasteiger partial charge in [-0.25, -0.2) is 4.79 Å². The fourth-order valence-corrected chi connectivity index (χ4v) is 1.85. The molecule has 0 aliphatic heterocycles. The van der Waals surface area contributed by atoms with Gasteiger partial charge in [-0.15, -0.1) is 10.2 Å². The zero-order valence-electron chi connectivity index (χ0n) is 11.4. The number of nitrogens with zero attached hydrogens (tertiary/aromatic N) is 2. The van der Waals surface area contributed by atoms with Crippen LogP contribution in [0.1, 0.15) is 30.1 Å². The summed E-state index contributed by atoms with van der Waals surface area (Å²) in [6, 6.07) is 5.62. The highest BCUT2D eigenvalue weighted by atomic mass is 16.4. The summed E-state index contributed by atoms with van der Waals surface area (Å²) in [6.07, 6.45) is 2.28. The third kappa shape index (κ3) is 3.65. The van der Waals surface area contributed by atoms with Crippen LogP contribution in [-0.4, -0.2) is 33.2 Å². The van der Waals surface area contributed by atoms with Gasteiger partial charge in [-0.3, -0.25) is 4.79 Å². The number of aliphatic carboxylic acids is 1. The zero-order valence-corrected chi connectivity index (χ0v) is 11.4. The average Bonchev–Trinajstić information content (AvgIpc) is 3.01. The molecule has 1 aromatic heterocycles. The van der Waals surface area contributed by atoms with Crippen LogP contribution in [-0.2, 0) is 4.79 Å². The Morgan fingerprint density at radius 2 is 2.05 bits per heavy atom. The predicted molar refractivity (Wildman–Crippen MR) is 73.5 cm³/mol. The van der Waals surface area contributed by atoms with Crippen molar-refractivity contribution in [3.63, 3.8) is 0 Å². The lowest BCUT2D eigenvalue weighted by Crippen LogP contribution is -2.40. The lowest BCUT2D eigenvalue weighted by Gasteiger charge is -2.13. The first-order chi connectivity index (χ1) is 10.1. The topological polar surface area (TPSA) is 105 Å². The molecule has 21 heavy (non-hydrogen) atoms. The quantitative estimate of drug-likeness (QED) is 0.838. The SMILES string of the molecule is CCCC(NC(=O)c1ccc(-c2nnco2)cc1)C(=O)O. The van der Waals surface area contributed by atoms with E-state index in [4.69, 9.17) is 9.52 Å². The van der Waals surface area contributed by atoms with Gasteiger partial charge in [0.15, 0.2) is 0 Å². The molecule has 0 saturated carbocycles. The minimum Gasteiger partial charge on any atom is -0.480 e. The molecule has 0 radical (unpaired) electrons. The van der Waals surface area contributed by atoms with Crippen molar-refractivity contribution in [1.29, 1.82) is 0 Å². The van der Waals surface area contributed by atoms with E-state index < -0.39 is 17.9 Å². The molecule has 7 heteroatoms. The Hall–Kier alpha value is -2.70. The van der Waals surface area contributed by atoms with Crippen LogP contribution in [0.25, 0.3) is 11.5 Å². The van der Waals surface area contributed by atoms with Gasteiger partial charge < -0.3 is 14.8 Å². The van der Waals surface area contributed by atoms with Gasteiger partial charge in [-0.05, 0) is 30.7 Å². The van der Waals surface area contributed by atoms with Crippen molar-refractivity contribution in [2.75, 3.05) is 0 Å². The Balaban J connectivity index is 2.07. The maximum atomic E-state index is 12.0. The maximum absolute atomic E-state index is 12.0. The summed E-state index contributed by atoms with van der Waals surface area (Å²) in [5, 5.41) is 18.9. The first-order valence-electron chi connectivity index (χ1n) is 6.52. The van der Waals surface area contributed by atoms with Crippen molar-refractivity contribution >= 4 is 11.9 Å². The number of hydrogen-bond donors (Lipinski definition) is 2. The van der Waals surface area contributed by atoms with Gasteiger partial charge in [0.25, 0.3) is 5.91 Å².